The molecule has 1 aromatic rings. The zero-order chi connectivity index (χ0) is 11.4. The first-order valence-electron chi connectivity index (χ1n) is 5.87. The minimum absolute atomic E-state index is 0.741. The Hall–Kier alpha value is -1.27. The average Bonchev–Trinajstić information content (AvgIpc) is 2.73. The Labute approximate surface area is 97.5 Å². The number of imidazole rings is 1. The van der Waals surface area contributed by atoms with Gasteiger partial charge in [0.05, 0.1) is 6.54 Å². The Kier molecular flexibility index (Phi) is 3.63. The van der Waals surface area contributed by atoms with Gasteiger partial charge in [-0.2, -0.15) is 0 Å². The lowest BCUT2D eigenvalue weighted by atomic mass is 9.99. The van der Waals surface area contributed by atoms with Gasteiger partial charge in [0, 0.05) is 31.9 Å². The summed E-state index contributed by atoms with van der Waals surface area (Å²) in [6.07, 6.45) is 6.36. The molecule has 1 aliphatic heterocycles. The molecule has 0 saturated heterocycles. The monoisotopic (exact) mass is 217 g/mol. The Morgan fingerprint density at radius 3 is 3.31 bits per heavy atom. The third kappa shape index (κ3) is 2.65. The van der Waals surface area contributed by atoms with E-state index in [1.54, 1.807) is 0 Å². The molecule has 86 valence electrons. The van der Waals surface area contributed by atoms with E-state index in [0.29, 0.717) is 0 Å². The zero-order valence-electron chi connectivity index (χ0n) is 10.1. The molecule has 3 heteroatoms. The Morgan fingerprint density at radius 1 is 1.62 bits per heavy atom. The summed E-state index contributed by atoms with van der Waals surface area (Å²) < 4.78 is 2.29. The molecule has 0 saturated carbocycles. The highest BCUT2D eigenvalue weighted by molar-refractivity contribution is 4.99. The lowest BCUT2D eigenvalue weighted by Crippen LogP contribution is -2.31. The van der Waals surface area contributed by atoms with E-state index in [1.165, 1.54) is 12.2 Å². The molecule has 0 aliphatic carbocycles. The molecular weight excluding hydrogens is 198 g/mol. The SMILES string of the molecule is CC#CCN(C)C[C@@H]1CCc2nccn2C1. The summed E-state index contributed by atoms with van der Waals surface area (Å²) in [5.41, 5.74) is 0. The number of fused-ring (bicyclic) bond motifs is 1. The predicted molar refractivity (Wildman–Crippen MR) is 65.0 cm³/mol. The van der Waals surface area contributed by atoms with Crippen molar-refractivity contribution in [3.05, 3.63) is 18.2 Å². The van der Waals surface area contributed by atoms with Crippen LogP contribution in [0, 0.1) is 17.8 Å². The number of hydrogen-bond donors (Lipinski definition) is 0. The molecule has 2 rings (SSSR count). The number of aromatic nitrogens is 2. The van der Waals surface area contributed by atoms with Crippen molar-refractivity contribution in [2.45, 2.75) is 26.3 Å². The van der Waals surface area contributed by atoms with Crippen LogP contribution in [-0.4, -0.2) is 34.6 Å². The van der Waals surface area contributed by atoms with Crippen LogP contribution in [0.1, 0.15) is 19.2 Å². The minimum atomic E-state index is 0.741. The molecule has 0 aromatic carbocycles. The number of nitrogens with zero attached hydrogens (tertiary/aromatic N) is 3. The van der Waals surface area contributed by atoms with Crippen molar-refractivity contribution in [1.29, 1.82) is 0 Å². The molecule has 0 bridgehead atoms. The van der Waals surface area contributed by atoms with Crippen LogP contribution >= 0.6 is 0 Å². The van der Waals surface area contributed by atoms with E-state index in [9.17, 15) is 0 Å². The molecule has 3 nitrogen and oxygen atoms in total. The smallest absolute Gasteiger partial charge is 0.108 e. The molecule has 2 heterocycles. The Bertz CT molecular complexity index is 397. The van der Waals surface area contributed by atoms with E-state index in [2.05, 4.69) is 39.5 Å². The quantitative estimate of drug-likeness (QED) is 0.714. The molecule has 16 heavy (non-hydrogen) atoms. The van der Waals surface area contributed by atoms with E-state index in [4.69, 9.17) is 0 Å². The van der Waals surface area contributed by atoms with Gasteiger partial charge in [0.25, 0.3) is 0 Å². The molecule has 0 N–H and O–H groups in total. The fourth-order valence-corrected chi connectivity index (χ4v) is 2.31. The van der Waals surface area contributed by atoms with Crippen LogP contribution in [0.25, 0.3) is 0 Å². The summed E-state index contributed by atoms with van der Waals surface area (Å²) in [5, 5.41) is 0. The van der Waals surface area contributed by atoms with Gasteiger partial charge in [-0.25, -0.2) is 4.98 Å². The van der Waals surface area contributed by atoms with Crippen molar-refractivity contribution in [2.75, 3.05) is 20.1 Å². The first-order chi connectivity index (χ1) is 7.79. The Balaban J connectivity index is 1.86. The minimum Gasteiger partial charge on any atom is -0.335 e. The van der Waals surface area contributed by atoms with Gasteiger partial charge in [0.1, 0.15) is 5.82 Å². The topological polar surface area (TPSA) is 21.1 Å². The van der Waals surface area contributed by atoms with Crippen molar-refractivity contribution in [3.63, 3.8) is 0 Å². The first kappa shape index (κ1) is 11.2. The number of aryl methyl sites for hydroxylation is 1. The number of rotatable bonds is 3. The van der Waals surface area contributed by atoms with Gasteiger partial charge in [-0.15, -0.1) is 5.92 Å². The van der Waals surface area contributed by atoms with Crippen LogP contribution in [0.5, 0.6) is 0 Å². The summed E-state index contributed by atoms with van der Waals surface area (Å²) in [6, 6.07) is 0. The van der Waals surface area contributed by atoms with E-state index >= 15 is 0 Å². The summed E-state index contributed by atoms with van der Waals surface area (Å²) in [7, 11) is 2.15. The third-order valence-corrected chi connectivity index (χ3v) is 3.13. The van der Waals surface area contributed by atoms with Crippen LogP contribution in [-0.2, 0) is 13.0 Å². The molecule has 0 amide bonds. The fourth-order valence-electron chi connectivity index (χ4n) is 2.31. The maximum absolute atomic E-state index is 4.35. The van der Waals surface area contributed by atoms with Crippen molar-refractivity contribution in [1.82, 2.24) is 14.5 Å². The van der Waals surface area contributed by atoms with Gasteiger partial charge < -0.3 is 4.57 Å². The molecule has 0 unspecified atom stereocenters. The summed E-state index contributed by atoms with van der Waals surface area (Å²) in [5.74, 6) is 8.03. The van der Waals surface area contributed by atoms with E-state index < -0.39 is 0 Å². The van der Waals surface area contributed by atoms with Crippen LogP contribution in [0.3, 0.4) is 0 Å². The van der Waals surface area contributed by atoms with Gasteiger partial charge in [-0.3, -0.25) is 4.90 Å². The van der Waals surface area contributed by atoms with Crippen LogP contribution in [0.15, 0.2) is 12.4 Å². The van der Waals surface area contributed by atoms with Gasteiger partial charge in [0.15, 0.2) is 0 Å². The highest BCUT2D eigenvalue weighted by atomic mass is 15.1. The molecule has 1 aromatic heterocycles. The van der Waals surface area contributed by atoms with Gasteiger partial charge >= 0.3 is 0 Å². The molecule has 0 radical (unpaired) electrons. The van der Waals surface area contributed by atoms with Crippen LogP contribution < -0.4 is 0 Å². The lowest BCUT2D eigenvalue weighted by molar-refractivity contribution is 0.252. The second kappa shape index (κ2) is 5.18. The van der Waals surface area contributed by atoms with Crippen molar-refractivity contribution in [3.8, 4) is 11.8 Å². The van der Waals surface area contributed by atoms with Crippen molar-refractivity contribution >= 4 is 0 Å². The average molecular weight is 217 g/mol. The summed E-state index contributed by atoms with van der Waals surface area (Å²) in [4.78, 5) is 6.66. The molecular formula is C13H19N3. The second-order valence-electron chi connectivity index (χ2n) is 4.52. The summed E-state index contributed by atoms with van der Waals surface area (Å²) >= 11 is 0. The van der Waals surface area contributed by atoms with E-state index in [0.717, 1.165) is 32.0 Å². The maximum Gasteiger partial charge on any atom is 0.108 e. The van der Waals surface area contributed by atoms with Gasteiger partial charge in [-0.1, -0.05) is 5.92 Å². The zero-order valence-corrected chi connectivity index (χ0v) is 10.1. The molecule has 0 spiro atoms. The third-order valence-electron chi connectivity index (χ3n) is 3.13. The van der Waals surface area contributed by atoms with E-state index in [1.807, 2.05) is 13.1 Å². The predicted octanol–water partition coefficient (Wildman–Crippen LogP) is 1.40. The van der Waals surface area contributed by atoms with Gasteiger partial charge in [-0.05, 0) is 26.3 Å². The largest absolute Gasteiger partial charge is 0.335 e. The normalized spacial score (nSPS) is 19.1. The van der Waals surface area contributed by atoms with Crippen LogP contribution in [0.4, 0.5) is 0 Å². The summed E-state index contributed by atoms with van der Waals surface area (Å²) in [6.45, 7) is 5.02. The highest BCUT2D eigenvalue weighted by Crippen LogP contribution is 2.19. The Morgan fingerprint density at radius 2 is 2.50 bits per heavy atom. The standard InChI is InChI=1S/C13H19N3/c1-3-4-8-15(2)10-12-5-6-13-14-7-9-16(13)11-12/h7,9,12H,5-6,8,10-11H2,1-2H3/t12-/m0/s1. The van der Waals surface area contributed by atoms with Crippen LogP contribution in [0.2, 0.25) is 0 Å². The first-order valence-corrected chi connectivity index (χ1v) is 5.87. The molecule has 0 fully saturated rings. The van der Waals surface area contributed by atoms with E-state index in [-0.39, 0.29) is 0 Å². The highest BCUT2D eigenvalue weighted by Gasteiger charge is 2.19. The number of hydrogen-bond acceptors (Lipinski definition) is 2. The second-order valence-corrected chi connectivity index (χ2v) is 4.52. The maximum atomic E-state index is 4.35. The fraction of sp³-hybridized carbons (Fsp3) is 0.615. The van der Waals surface area contributed by atoms with Crippen molar-refractivity contribution in [2.24, 2.45) is 5.92 Å². The lowest BCUT2D eigenvalue weighted by Gasteiger charge is -2.27. The van der Waals surface area contributed by atoms with Crippen molar-refractivity contribution < 1.29 is 0 Å². The molecule has 1 aliphatic rings. The molecule has 1 atom stereocenters. The van der Waals surface area contributed by atoms with Gasteiger partial charge in [0.2, 0.25) is 0 Å².